The molecule has 0 unspecified atom stereocenters. The number of rotatable bonds is 5. The van der Waals surface area contributed by atoms with E-state index in [9.17, 15) is 18.0 Å². The molecule has 1 atom stereocenters. The maximum atomic E-state index is 12.9. The number of ether oxygens (including phenoxy) is 2. The largest absolute Gasteiger partial charge is 0.450 e. The van der Waals surface area contributed by atoms with Crippen LogP contribution < -0.4 is 5.32 Å². The molecule has 3 aliphatic rings. The first-order valence-corrected chi connectivity index (χ1v) is 12.0. The number of hydrogen-bond acceptors (Lipinski definition) is 7. The molecule has 2 saturated heterocycles. The maximum absolute atomic E-state index is 12.9. The fraction of sp³-hybridized carbons (Fsp3) is 0.579. The predicted molar refractivity (Wildman–Crippen MR) is 106 cm³/mol. The van der Waals surface area contributed by atoms with Gasteiger partial charge in [0.05, 0.1) is 11.7 Å². The van der Waals surface area contributed by atoms with Gasteiger partial charge in [0, 0.05) is 44.7 Å². The summed E-state index contributed by atoms with van der Waals surface area (Å²) in [4.78, 5) is 25.2. The van der Waals surface area contributed by atoms with Gasteiger partial charge in [-0.25, -0.2) is 13.2 Å². The summed E-state index contributed by atoms with van der Waals surface area (Å²) < 4.78 is 38.4. The third-order valence-electron chi connectivity index (χ3n) is 5.79. The highest BCUT2D eigenvalue weighted by Gasteiger charge is 2.52. The van der Waals surface area contributed by atoms with Crippen LogP contribution in [0.1, 0.15) is 32.6 Å². The first-order valence-electron chi connectivity index (χ1n) is 9.72. The predicted octanol–water partition coefficient (Wildman–Crippen LogP) is 1.44. The fourth-order valence-electron chi connectivity index (χ4n) is 4.20. The van der Waals surface area contributed by atoms with E-state index in [2.05, 4.69) is 5.32 Å². The Morgan fingerprint density at radius 1 is 1.38 bits per heavy atom. The summed E-state index contributed by atoms with van der Waals surface area (Å²) in [7, 11) is -3.57. The van der Waals surface area contributed by atoms with E-state index in [0.29, 0.717) is 24.3 Å². The number of thiophene rings is 1. The Kier molecular flexibility index (Phi) is 5.54. The van der Waals surface area contributed by atoms with Gasteiger partial charge >= 0.3 is 5.97 Å². The molecule has 3 aliphatic heterocycles. The number of sulfonamides is 1. The molecular weight excluding hydrogens is 416 g/mol. The van der Waals surface area contributed by atoms with E-state index in [0.717, 1.165) is 12.8 Å². The molecule has 4 rings (SSSR count). The molecular formula is C19H24N2O6S2. The zero-order valence-corrected chi connectivity index (χ0v) is 17.8. The van der Waals surface area contributed by atoms with Gasteiger partial charge in [0.15, 0.2) is 0 Å². The molecule has 2 fully saturated rings. The zero-order valence-electron chi connectivity index (χ0n) is 16.2. The van der Waals surface area contributed by atoms with Crippen molar-refractivity contribution in [3.05, 3.63) is 28.7 Å². The Labute approximate surface area is 173 Å². The van der Waals surface area contributed by atoms with Gasteiger partial charge < -0.3 is 14.8 Å². The Morgan fingerprint density at radius 3 is 2.76 bits per heavy atom. The second-order valence-corrected chi connectivity index (χ2v) is 10.7. The van der Waals surface area contributed by atoms with Gasteiger partial charge in [-0.3, -0.25) is 4.79 Å². The number of carbonyl (C=O) groups excluding carboxylic acids is 2. The standard InChI is InChI=1S/C19H24N2O6S2/c1-13-16(17(22)20-12-14-4-2-10-26-14)19(27-18(13)23)6-8-21(9-7-19)29(24,25)15-5-3-11-28-15/h3,5,11,14H,2,4,6-10,12H2,1H3,(H,20,22)/t14-/m1/s1. The monoisotopic (exact) mass is 440 g/mol. The molecule has 158 valence electrons. The van der Waals surface area contributed by atoms with E-state index >= 15 is 0 Å². The summed E-state index contributed by atoms with van der Waals surface area (Å²) >= 11 is 1.17. The highest BCUT2D eigenvalue weighted by molar-refractivity contribution is 7.91. The molecule has 0 aromatic carbocycles. The van der Waals surface area contributed by atoms with Crippen molar-refractivity contribution >= 4 is 33.2 Å². The minimum atomic E-state index is -3.57. The van der Waals surface area contributed by atoms with Crippen LogP contribution in [-0.4, -0.2) is 62.5 Å². The summed E-state index contributed by atoms with van der Waals surface area (Å²) in [6, 6.07) is 3.28. The molecule has 0 bridgehead atoms. The quantitative estimate of drug-likeness (QED) is 0.695. The lowest BCUT2D eigenvalue weighted by molar-refractivity contribution is -0.150. The maximum Gasteiger partial charge on any atom is 0.335 e. The van der Waals surface area contributed by atoms with E-state index in [1.165, 1.54) is 15.6 Å². The van der Waals surface area contributed by atoms with Crippen molar-refractivity contribution in [2.24, 2.45) is 0 Å². The molecule has 1 aromatic rings. The van der Waals surface area contributed by atoms with Gasteiger partial charge in [-0.2, -0.15) is 4.31 Å². The van der Waals surface area contributed by atoms with Crippen molar-refractivity contribution in [3.8, 4) is 0 Å². The van der Waals surface area contributed by atoms with Crippen LogP contribution in [0.3, 0.4) is 0 Å². The third kappa shape index (κ3) is 3.74. The number of hydrogen-bond donors (Lipinski definition) is 1. The van der Waals surface area contributed by atoms with Crippen LogP contribution in [0.2, 0.25) is 0 Å². The second-order valence-electron chi connectivity index (χ2n) is 7.57. The van der Waals surface area contributed by atoms with Crippen LogP contribution in [0.5, 0.6) is 0 Å². The van der Waals surface area contributed by atoms with Crippen LogP contribution in [0.4, 0.5) is 0 Å². The molecule has 1 amide bonds. The van der Waals surface area contributed by atoms with Crippen LogP contribution in [-0.2, 0) is 29.1 Å². The molecule has 0 aliphatic carbocycles. The van der Waals surface area contributed by atoms with Gasteiger partial charge in [0.25, 0.3) is 15.9 Å². The lowest BCUT2D eigenvalue weighted by atomic mass is 9.83. The van der Waals surface area contributed by atoms with Gasteiger partial charge in [-0.1, -0.05) is 6.07 Å². The summed E-state index contributed by atoms with van der Waals surface area (Å²) in [5, 5.41) is 4.59. The number of amides is 1. The van der Waals surface area contributed by atoms with Crippen LogP contribution >= 0.6 is 11.3 Å². The van der Waals surface area contributed by atoms with Crippen molar-refractivity contribution in [1.29, 1.82) is 0 Å². The second kappa shape index (κ2) is 7.82. The molecule has 29 heavy (non-hydrogen) atoms. The number of carbonyl (C=O) groups is 2. The highest BCUT2D eigenvalue weighted by Crippen LogP contribution is 2.42. The molecule has 1 aromatic heterocycles. The SMILES string of the molecule is CC1=C(C(=O)NC[C@H]2CCCO2)C2(CCN(S(=O)(=O)c3cccs3)CC2)OC1=O. The van der Waals surface area contributed by atoms with E-state index < -0.39 is 21.6 Å². The first-order chi connectivity index (χ1) is 13.8. The Hall–Kier alpha value is -1.75. The smallest absolute Gasteiger partial charge is 0.335 e. The van der Waals surface area contributed by atoms with Crippen molar-refractivity contribution in [1.82, 2.24) is 9.62 Å². The summed E-state index contributed by atoms with van der Waals surface area (Å²) in [6.45, 7) is 3.04. The molecule has 0 radical (unpaired) electrons. The van der Waals surface area contributed by atoms with Crippen molar-refractivity contribution in [2.75, 3.05) is 26.2 Å². The first kappa shape index (κ1) is 20.5. The normalized spacial score (nSPS) is 24.9. The average molecular weight is 441 g/mol. The number of nitrogens with one attached hydrogen (secondary N) is 1. The summed E-state index contributed by atoms with van der Waals surface area (Å²) in [5.41, 5.74) is -0.443. The van der Waals surface area contributed by atoms with Crippen LogP contribution in [0.15, 0.2) is 32.9 Å². The van der Waals surface area contributed by atoms with Crippen molar-refractivity contribution in [2.45, 2.75) is 48.5 Å². The lowest BCUT2D eigenvalue weighted by Crippen LogP contribution is -2.50. The van der Waals surface area contributed by atoms with Gasteiger partial charge in [-0.15, -0.1) is 11.3 Å². The average Bonchev–Trinajstić information content (AvgIpc) is 3.43. The molecule has 8 nitrogen and oxygen atoms in total. The van der Waals surface area contributed by atoms with Gasteiger partial charge in [-0.05, 0) is 31.2 Å². The Balaban J connectivity index is 1.48. The lowest BCUT2D eigenvalue weighted by Gasteiger charge is -2.38. The zero-order chi connectivity index (χ0) is 20.6. The van der Waals surface area contributed by atoms with E-state index in [4.69, 9.17) is 9.47 Å². The molecule has 4 heterocycles. The fourth-order valence-corrected chi connectivity index (χ4v) is 6.79. The molecule has 1 spiro atoms. The number of piperidine rings is 1. The summed E-state index contributed by atoms with van der Waals surface area (Å²) in [5.74, 6) is -0.847. The third-order valence-corrected chi connectivity index (χ3v) is 9.06. The van der Waals surface area contributed by atoms with Crippen LogP contribution in [0, 0.1) is 0 Å². The summed E-state index contributed by atoms with van der Waals surface area (Å²) in [6.07, 6.45) is 2.37. The number of nitrogens with zero attached hydrogens (tertiary/aromatic N) is 1. The minimum Gasteiger partial charge on any atom is -0.450 e. The Bertz CT molecular complexity index is 924. The Morgan fingerprint density at radius 2 is 2.14 bits per heavy atom. The van der Waals surface area contributed by atoms with Crippen molar-refractivity contribution in [3.63, 3.8) is 0 Å². The topological polar surface area (TPSA) is 102 Å². The van der Waals surface area contributed by atoms with E-state index in [1.807, 2.05) is 0 Å². The molecule has 0 saturated carbocycles. The van der Waals surface area contributed by atoms with Gasteiger partial charge in [0.1, 0.15) is 9.81 Å². The number of esters is 1. The van der Waals surface area contributed by atoms with E-state index in [-0.39, 0.29) is 42.2 Å². The van der Waals surface area contributed by atoms with Gasteiger partial charge in [0.2, 0.25) is 0 Å². The van der Waals surface area contributed by atoms with E-state index in [1.54, 1.807) is 24.4 Å². The molecule has 10 heteroatoms. The molecule has 1 N–H and O–H groups in total. The highest BCUT2D eigenvalue weighted by atomic mass is 32.2. The van der Waals surface area contributed by atoms with Crippen molar-refractivity contribution < 1.29 is 27.5 Å². The van der Waals surface area contributed by atoms with Crippen LogP contribution in [0.25, 0.3) is 0 Å². The minimum absolute atomic E-state index is 0.00776.